The van der Waals surface area contributed by atoms with Gasteiger partial charge in [-0.3, -0.25) is 4.68 Å². The molecular weight excluding hydrogens is 326 g/mol. The second-order valence-electron chi connectivity index (χ2n) is 5.56. The average molecular weight is 350 g/mol. The molecular formula is C17H24BrN3. The summed E-state index contributed by atoms with van der Waals surface area (Å²) >= 11 is 3.65. The number of benzene rings is 1. The largest absolute Gasteiger partial charge is 0.310 e. The average Bonchev–Trinajstić information content (AvgIpc) is 2.85. The van der Waals surface area contributed by atoms with Gasteiger partial charge in [0, 0.05) is 29.5 Å². The molecule has 0 amide bonds. The third-order valence-corrected chi connectivity index (χ3v) is 5.17. The maximum atomic E-state index is 4.24. The molecule has 0 saturated heterocycles. The van der Waals surface area contributed by atoms with Crippen LogP contribution >= 0.6 is 15.9 Å². The van der Waals surface area contributed by atoms with Crippen LogP contribution in [0.25, 0.3) is 0 Å². The minimum atomic E-state index is 0.385. The number of nitrogens with one attached hydrogen (secondary N) is 1. The third-order valence-electron chi connectivity index (χ3n) is 3.92. The van der Waals surface area contributed by atoms with Gasteiger partial charge in [-0.2, -0.15) is 5.10 Å². The van der Waals surface area contributed by atoms with E-state index in [4.69, 9.17) is 0 Å². The second-order valence-corrected chi connectivity index (χ2v) is 6.36. The molecule has 2 rings (SSSR count). The van der Waals surface area contributed by atoms with E-state index >= 15 is 0 Å². The Morgan fingerprint density at radius 3 is 2.48 bits per heavy atom. The molecule has 1 aromatic heterocycles. The fraction of sp³-hybridized carbons (Fsp3) is 0.471. The zero-order valence-corrected chi connectivity index (χ0v) is 14.9. The highest BCUT2D eigenvalue weighted by Crippen LogP contribution is 2.27. The fourth-order valence-corrected chi connectivity index (χ4v) is 2.98. The van der Waals surface area contributed by atoms with Crippen molar-refractivity contribution in [1.29, 1.82) is 0 Å². The van der Waals surface area contributed by atoms with Crippen LogP contribution in [0.5, 0.6) is 0 Å². The first-order valence-corrected chi connectivity index (χ1v) is 8.29. The molecule has 0 aliphatic carbocycles. The van der Waals surface area contributed by atoms with Gasteiger partial charge in [-0.15, -0.1) is 0 Å². The van der Waals surface area contributed by atoms with Crippen LogP contribution in [-0.2, 0) is 13.5 Å². The van der Waals surface area contributed by atoms with Gasteiger partial charge >= 0.3 is 0 Å². The predicted octanol–water partition coefficient (Wildman–Crippen LogP) is 4.08. The van der Waals surface area contributed by atoms with Crippen LogP contribution < -0.4 is 5.32 Å². The number of nitrogens with zero attached hydrogens (tertiary/aromatic N) is 2. The molecule has 1 unspecified atom stereocenters. The zero-order valence-electron chi connectivity index (χ0n) is 13.3. The van der Waals surface area contributed by atoms with E-state index in [2.05, 4.69) is 65.3 Å². The lowest BCUT2D eigenvalue weighted by atomic mass is 9.97. The molecule has 0 aliphatic rings. The molecule has 1 N–H and O–H groups in total. The van der Waals surface area contributed by atoms with Gasteiger partial charge in [0.05, 0.1) is 0 Å². The summed E-state index contributed by atoms with van der Waals surface area (Å²) in [5.41, 5.74) is 5.25. The molecule has 0 radical (unpaired) electrons. The SMILES string of the molecule is CCNC(CCc1ccnn1C)c1cc(C)c(Br)c(C)c1. The van der Waals surface area contributed by atoms with E-state index in [1.165, 1.54) is 26.9 Å². The Labute approximate surface area is 135 Å². The monoisotopic (exact) mass is 349 g/mol. The van der Waals surface area contributed by atoms with E-state index in [-0.39, 0.29) is 0 Å². The molecule has 0 aliphatic heterocycles. The van der Waals surface area contributed by atoms with Crippen LogP contribution in [0.1, 0.15) is 41.8 Å². The van der Waals surface area contributed by atoms with Gasteiger partial charge in [0.2, 0.25) is 0 Å². The summed E-state index contributed by atoms with van der Waals surface area (Å²) in [5.74, 6) is 0. The predicted molar refractivity (Wildman–Crippen MR) is 91.6 cm³/mol. The van der Waals surface area contributed by atoms with E-state index in [0.29, 0.717) is 6.04 Å². The van der Waals surface area contributed by atoms with Crippen molar-refractivity contribution in [3.63, 3.8) is 0 Å². The molecule has 3 nitrogen and oxygen atoms in total. The first-order chi connectivity index (χ1) is 10.0. The maximum absolute atomic E-state index is 4.24. The summed E-state index contributed by atoms with van der Waals surface area (Å²) in [6, 6.07) is 7.05. The molecule has 1 aromatic carbocycles. The Morgan fingerprint density at radius 1 is 1.29 bits per heavy atom. The summed E-state index contributed by atoms with van der Waals surface area (Å²) < 4.78 is 3.18. The van der Waals surface area contributed by atoms with Crippen LogP contribution in [0.4, 0.5) is 0 Å². The molecule has 21 heavy (non-hydrogen) atoms. The number of halogens is 1. The summed E-state index contributed by atoms with van der Waals surface area (Å²) in [7, 11) is 2.01. The lowest BCUT2D eigenvalue weighted by Crippen LogP contribution is -2.22. The highest BCUT2D eigenvalue weighted by Gasteiger charge is 2.13. The van der Waals surface area contributed by atoms with Crippen LogP contribution in [0.15, 0.2) is 28.9 Å². The summed E-state index contributed by atoms with van der Waals surface area (Å²) in [4.78, 5) is 0. The quantitative estimate of drug-likeness (QED) is 0.851. The molecule has 0 fully saturated rings. The van der Waals surface area contributed by atoms with E-state index in [0.717, 1.165) is 19.4 Å². The van der Waals surface area contributed by atoms with Crippen molar-refractivity contribution >= 4 is 15.9 Å². The summed E-state index contributed by atoms with van der Waals surface area (Å²) in [6.07, 6.45) is 3.97. The van der Waals surface area contributed by atoms with Crippen LogP contribution in [0.2, 0.25) is 0 Å². The Morgan fingerprint density at radius 2 is 1.95 bits per heavy atom. The Balaban J connectivity index is 2.17. The molecule has 0 saturated carbocycles. The number of rotatable bonds is 6. The summed E-state index contributed by atoms with van der Waals surface area (Å²) in [6.45, 7) is 7.45. The molecule has 114 valence electrons. The van der Waals surface area contributed by atoms with Gasteiger partial charge in [-0.25, -0.2) is 0 Å². The van der Waals surface area contributed by atoms with Gasteiger partial charge in [-0.1, -0.05) is 35.0 Å². The highest BCUT2D eigenvalue weighted by atomic mass is 79.9. The van der Waals surface area contributed by atoms with Gasteiger partial charge in [-0.05, 0) is 56.0 Å². The van der Waals surface area contributed by atoms with Crippen molar-refractivity contribution in [3.8, 4) is 0 Å². The zero-order chi connectivity index (χ0) is 15.4. The molecule has 0 spiro atoms. The van der Waals surface area contributed by atoms with E-state index in [1.807, 2.05) is 17.9 Å². The lowest BCUT2D eigenvalue weighted by Gasteiger charge is -2.20. The molecule has 1 heterocycles. The first kappa shape index (κ1) is 16.2. The number of aryl methyl sites for hydroxylation is 4. The first-order valence-electron chi connectivity index (χ1n) is 7.49. The van der Waals surface area contributed by atoms with E-state index < -0.39 is 0 Å². The van der Waals surface area contributed by atoms with E-state index in [9.17, 15) is 0 Å². The molecule has 0 bridgehead atoms. The number of hydrogen-bond donors (Lipinski definition) is 1. The lowest BCUT2D eigenvalue weighted by molar-refractivity contribution is 0.505. The Kier molecular flexibility index (Phi) is 5.59. The van der Waals surface area contributed by atoms with Crippen molar-refractivity contribution in [1.82, 2.24) is 15.1 Å². The maximum Gasteiger partial charge on any atom is 0.0492 e. The van der Waals surface area contributed by atoms with Gasteiger partial charge in [0.25, 0.3) is 0 Å². The second kappa shape index (κ2) is 7.23. The minimum Gasteiger partial charge on any atom is -0.310 e. The van der Waals surface area contributed by atoms with Crippen LogP contribution in [0, 0.1) is 13.8 Å². The fourth-order valence-electron chi connectivity index (χ4n) is 2.75. The highest BCUT2D eigenvalue weighted by molar-refractivity contribution is 9.10. The van der Waals surface area contributed by atoms with Crippen molar-refractivity contribution in [2.24, 2.45) is 7.05 Å². The standard InChI is InChI=1S/C17H24BrN3/c1-5-19-16(7-6-15-8-9-20-21(15)4)14-10-12(2)17(18)13(3)11-14/h8-11,16,19H,5-7H2,1-4H3. The molecule has 2 aromatic rings. The van der Waals surface area contributed by atoms with Crippen molar-refractivity contribution in [2.75, 3.05) is 6.54 Å². The Bertz CT molecular complexity index is 581. The Hall–Kier alpha value is -1.13. The van der Waals surface area contributed by atoms with Gasteiger partial charge in [0.1, 0.15) is 0 Å². The normalized spacial score (nSPS) is 12.6. The smallest absolute Gasteiger partial charge is 0.0492 e. The molecule has 4 heteroatoms. The molecule has 1 atom stereocenters. The van der Waals surface area contributed by atoms with Crippen LogP contribution in [0.3, 0.4) is 0 Å². The van der Waals surface area contributed by atoms with Gasteiger partial charge in [0.15, 0.2) is 0 Å². The van der Waals surface area contributed by atoms with Crippen molar-refractivity contribution in [3.05, 3.63) is 51.3 Å². The van der Waals surface area contributed by atoms with Gasteiger partial charge < -0.3 is 5.32 Å². The number of hydrogen-bond acceptors (Lipinski definition) is 2. The summed E-state index contributed by atoms with van der Waals surface area (Å²) in [5, 5.41) is 7.85. The van der Waals surface area contributed by atoms with E-state index in [1.54, 1.807) is 0 Å². The minimum absolute atomic E-state index is 0.385. The van der Waals surface area contributed by atoms with Crippen molar-refractivity contribution < 1.29 is 0 Å². The third kappa shape index (κ3) is 3.95. The topological polar surface area (TPSA) is 29.9 Å². The van der Waals surface area contributed by atoms with Crippen LogP contribution in [-0.4, -0.2) is 16.3 Å². The number of aromatic nitrogens is 2. The van der Waals surface area contributed by atoms with Crippen molar-refractivity contribution in [2.45, 2.75) is 39.7 Å².